The largest absolute Gasteiger partial charge is 0.383 e. The average Bonchev–Trinajstić information content (AvgIpc) is 2.73. The summed E-state index contributed by atoms with van der Waals surface area (Å²) < 4.78 is 5.06. The second kappa shape index (κ2) is 7.35. The van der Waals surface area contributed by atoms with Crippen LogP contribution in [0.15, 0.2) is 35.7 Å². The molecule has 6 heteroatoms. The lowest BCUT2D eigenvalue weighted by Gasteiger charge is -2.27. The number of nitrogens with zero attached hydrogens (tertiary/aromatic N) is 2. The normalized spacial score (nSPS) is 18.1. The SMILES string of the molecule is C=CC1=C(/C=C(\C)[N+](=O)[O-])C(CC)(CC)C(=O)N1CCOC. The van der Waals surface area contributed by atoms with Crippen molar-refractivity contribution in [2.45, 2.75) is 33.6 Å². The Labute approximate surface area is 131 Å². The van der Waals surface area contributed by atoms with Crippen LogP contribution in [-0.4, -0.2) is 36.0 Å². The predicted molar refractivity (Wildman–Crippen MR) is 84.6 cm³/mol. The van der Waals surface area contributed by atoms with Crippen LogP contribution >= 0.6 is 0 Å². The maximum atomic E-state index is 12.9. The van der Waals surface area contributed by atoms with Gasteiger partial charge in [0.25, 0.3) is 0 Å². The molecule has 0 aromatic heterocycles. The molecule has 0 N–H and O–H groups in total. The van der Waals surface area contributed by atoms with Gasteiger partial charge in [0, 0.05) is 32.4 Å². The zero-order valence-electron chi connectivity index (χ0n) is 13.7. The third-order valence-corrected chi connectivity index (χ3v) is 4.30. The number of methoxy groups -OCH3 is 1. The number of allylic oxidation sites excluding steroid dienone is 3. The molecule has 0 bridgehead atoms. The number of carbonyl (C=O) groups excluding carboxylic acids is 1. The van der Waals surface area contributed by atoms with Gasteiger partial charge in [-0.2, -0.15) is 0 Å². The van der Waals surface area contributed by atoms with Crippen LogP contribution < -0.4 is 0 Å². The Hall–Kier alpha value is -1.95. The molecule has 0 aromatic rings. The highest BCUT2D eigenvalue weighted by molar-refractivity contribution is 5.92. The van der Waals surface area contributed by atoms with E-state index in [1.165, 1.54) is 13.0 Å². The fraction of sp³-hybridized carbons (Fsp3) is 0.562. The smallest absolute Gasteiger partial charge is 0.243 e. The van der Waals surface area contributed by atoms with Crippen molar-refractivity contribution in [3.05, 3.63) is 45.8 Å². The van der Waals surface area contributed by atoms with E-state index in [0.717, 1.165) is 0 Å². The number of carbonyl (C=O) groups is 1. The second-order valence-corrected chi connectivity index (χ2v) is 5.28. The van der Waals surface area contributed by atoms with Crippen molar-refractivity contribution in [1.29, 1.82) is 0 Å². The van der Waals surface area contributed by atoms with Crippen molar-refractivity contribution in [3.63, 3.8) is 0 Å². The number of hydrogen-bond acceptors (Lipinski definition) is 4. The fourth-order valence-corrected chi connectivity index (χ4v) is 2.91. The minimum Gasteiger partial charge on any atom is -0.383 e. The van der Waals surface area contributed by atoms with E-state index in [0.29, 0.717) is 37.3 Å². The molecule has 0 saturated carbocycles. The molecule has 0 atom stereocenters. The summed E-state index contributed by atoms with van der Waals surface area (Å²) >= 11 is 0. The molecule has 6 nitrogen and oxygen atoms in total. The van der Waals surface area contributed by atoms with E-state index in [1.54, 1.807) is 18.1 Å². The summed E-state index contributed by atoms with van der Waals surface area (Å²) in [6, 6.07) is 0. The van der Waals surface area contributed by atoms with Gasteiger partial charge < -0.3 is 9.64 Å². The molecule has 0 radical (unpaired) electrons. The quantitative estimate of drug-likeness (QED) is 0.510. The second-order valence-electron chi connectivity index (χ2n) is 5.28. The molecule has 0 spiro atoms. The lowest BCUT2D eigenvalue weighted by molar-refractivity contribution is -0.424. The van der Waals surface area contributed by atoms with Gasteiger partial charge in [-0.15, -0.1) is 0 Å². The molecule has 1 aliphatic heterocycles. The number of hydrogen-bond donors (Lipinski definition) is 0. The van der Waals surface area contributed by atoms with Crippen LogP contribution in [0.3, 0.4) is 0 Å². The molecule has 22 heavy (non-hydrogen) atoms. The van der Waals surface area contributed by atoms with Gasteiger partial charge in [-0.1, -0.05) is 20.4 Å². The first-order valence-electron chi connectivity index (χ1n) is 7.40. The van der Waals surface area contributed by atoms with Gasteiger partial charge in [0.2, 0.25) is 11.6 Å². The van der Waals surface area contributed by atoms with Crippen LogP contribution in [-0.2, 0) is 9.53 Å². The average molecular weight is 308 g/mol. The van der Waals surface area contributed by atoms with Crippen LogP contribution in [0, 0.1) is 15.5 Å². The third-order valence-electron chi connectivity index (χ3n) is 4.30. The van der Waals surface area contributed by atoms with Crippen LogP contribution in [0.5, 0.6) is 0 Å². The van der Waals surface area contributed by atoms with Crippen molar-refractivity contribution < 1.29 is 14.5 Å². The minimum absolute atomic E-state index is 0.0158. The molecule has 1 heterocycles. The predicted octanol–water partition coefficient (Wildman–Crippen LogP) is 2.90. The monoisotopic (exact) mass is 308 g/mol. The molecule has 1 amide bonds. The summed E-state index contributed by atoms with van der Waals surface area (Å²) in [5.41, 5.74) is 0.617. The molecular weight excluding hydrogens is 284 g/mol. The van der Waals surface area contributed by atoms with E-state index in [1.807, 2.05) is 13.8 Å². The molecule has 1 aliphatic rings. The van der Waals surface area contributed by atoms with Crippen LogP contribution in [0.25, 0.3) is 0 Å². The van der Waals surface area contributed by atoms with Gasteiger partial charge in [0.1, 0.15) is 0 Å². The van der Waals surface area contributed by atoms with Crippen molar-refractivity contribution in [1.82, 2.24) is 4.90 Å². The first-order valence-corrected chi connectivity index (χ1v) is 7.40. The summed E-state index contributed by atoms with van der Waals surface area (Å²) in [6.45, 7) is 9.88. The van der Waals surface area contributed by atoms with E-state index in [9.17, 15) is 14.9 Å². The van der Waals surface area contributed by atoms with Gasteiger partial charge in [-0.3, -0.25) is 14.9 Å². The van der Waals surface area contributed by atoms with E-state index in [2.05, 4.69) is 6.58 Å². The third kappa shape index (κ3) is 2.97. The molecule has 0 aromatic carbocycles. The maximum Gasteiger partial charge on any atom is 0.243 e. The van der Waals surface area contributed by atoms with Gasteiger partial charge in [-0.25, -0.2) is 0 Å². The lowest BCUT2D eigenvalue weighted by atomic mass is 9.75. The number of rotatable bonds is 8. The summed E-state index contributed by atoms with van der Waals surface area (Å²) in [5.74, 6) is -0.0353. The molecule has 0 saturated heterocycles. The van der Waals surface area contributed by atoms with Gasteiger partial charge in [0.15, 0.2) is 0 Å². The van der Waals surface area contributed by atoms with E-state index in [-0.39, 0.29) is 11.6 Å². The van der Waals surface area contributed by atoms with E-state index >= 15 is 0 Å². The molecule has 1 rings (SSSR count). The number of amides is 1. The molecule has 0 unspecified atom stereocenters. The minimum atomic E-state index is -0.728. The van der Waals surface area contributed by atoms with Crippen molar-refractivity contribution >= 4 is 5.91 Å². The first kappa shape index (κ1) is 18.1. The zero-order chi connectivity index (χ0) is 16.9. The molecular formula is C16H24N2O4. The van der Waals surface area contributed by atoms with Gasteiger partial charge in [-0.05, 0) is 24.5 Å². The van der Waals surface area contributed by atoms with Crippen molar-refractivity contribution in [2.24, 2.45) is 5.41 Å². The topological polar surface area (TPSA) is 72.7 Å². The van der Waals surface area contributed by atoms with Crippen molar-refractivity contribution in [2.75, 3.05) is 20.3 Å². The standard InChI is InChI=1S/C16H24N2O4/c1-6-14-13(11-12(4)18(20)21)16(7-2,8-3)15(19)17(14)9-10-22-5/h6,11H,1,7-10H2,2-5H3/b12-11+. The highest BCUT2D eigenvalue weighted by Gasteiger charge is 2.48. The molecule has 0 aliphatic carbocycles. The first-order chi connectivity index (χ1) is 10.4. The fourth-order valence-electron chi connectivity index (χ4n) is 2.91. The number of ether oxygens (including phenoxy) is 1. The van der Waals surface area contributed by atoms with Gasteiger partial charge >= 0.3 is 0 Å². The highest BCUT2D eigenvalue weighted by Crippen LogP contribution is 2.46. The van der Waals surface area contributed by atoms with Crippen LogP contribution in [0.1, 0.15) is 33.6 Å². The van der Waals surface area contributed by atoms with Crippen molar-refractivity contribution in [3.8, 4) is 0 Å². The highest BCUT2D eigenvalue weighted by atomic mass is 16.6. The van der Waals surface area contributed by atoms with E-state index < -0.39 is 10.3 Å². The summed E-state index contributed by atoms with van der Waals surface area (Å²) in [4.78, 5) is 25.1. The van der Waals surface area contributed by atoms with Crippen LogP contribution in [0.2, 0.25) is 0 Å². The zero-order valence-corrected chi connectivity index (χ0v) is 13.7. The van der Waals surface area contributed by atoms with Gasteiger partial charge in [0.05, 0.1) is 16.9 Å². The summed E-state index contributed by atoms with van der Waals surface area (Å²) in [5, 5.41) is 11.0. The number of nitro groups is 1. The Kier molecular flexibility index (Phi) is 6.05. The van der Waals surface area contributed by atoms with E-state index in [4.69, 9.17) is 4.74 Å². The van der Waals surface area contributed by atoms with Crippen LogP contribution in [0.4, 0.5) is 0 Å². The Morgan fingerprint density at radius 1 is 1.45 bits per heavy atom. The lowest BCUT2D eigenvalue weighted by Crippen LogP contribution is -2.38. The molecule has 122 valence electrons. The Balaban J connectivity index is 3.49. The summed E-state index contributed by atoms with van der Waals surface area (Å²) in [7, 11) is 1.57. The molecule has 0 fully saturated rings. The Morgan fingerprint density at radius 3 is 2.45 bits per heavy atom. The summed E-state index contributed by atoms with van der Waals surface area (Å²) in [6.07, 6.45) is 4.27. The Bertz CT molecular complexity index is 530. The maximum absolute atomic E-state index is 12.9. The Morgan fingerprint density at radius 2 is 2.05 bits per heavy atom.